The molecule has 0 aliphatic rings. The topological polar surface area (TPSA) is 88.3 Å². The van der Waals surface area contributed by atoms with Gasteiger partial charge in [-0.1, -0.05) is 29.8 Å². The van der Waals surface area contributed by atoms with Crippen LogP contribution in [-0.4, -0.2) is 29.3 Å². The molecular formula is C19H21ClN2O4. The zero-order valence-corrected chi connectivity index (χ0v) is 15.9. The van der Waals surface area contributed by atoms with Crippen LogP contribution in [0.1, 0.15) is 57.6 Å². The molecule has 1 heterocycles. The number of nitrogens with one attached hydrogen (secondary N) is 2. The van der Waals surface area contributed by atoms with E-state index in [1.54, 1.807) is 32.9 Å². The van der Waals surface area contributed by atoms with Gasteiger partial charge in [-0.15, -0.1) is 0 Å². The number of carbonyl (C=O) groups excluding carboxylic acids is 3. The first-order chi connectivity index (χ1) is 12.2. The number of esters is 1. The lowest BCUT2D eigenvalue weighted by molar-refractivity contribution is -0.124. The van der Waals surface area contributed by atoms with Crippen molar-refractivity contribution in [2.75, 3.05) is 6.61 Å². The summed E-state index contributed by atoms with van der Waals surface area (Å²) < 4.78 is 5.06. The maximum Gasteiger partial charge on any atom is 0.355 e. The fourth-order valence-corrected chi connectivity index (χ4v) is 3.17. The molecular weight excluding hydrogens is 356 g/mol. The number of ketones is 1. The maximum atomic E-state index is 12.2. The summed E-state index contributed by atoms with van der Waals surface area (Å²) in [6, 6.07) is 6.86. The average Bonchev–Trinajstić information content (AvgIpc) is 2.87. The van der Waals surface area contributed by atoms with Crippen LogP contribution < -0.4 is 5.32 Å². The molecule has 0 unspecified atom stereocenters. The molecule has 1 atom stereocenters. The van der Waals surface area contributed by atoms with Crippen molar-refractivity contribution in [3.05, 3.63) is 57.4 Å². The third-order valence-corrected chi connectivity index (χ3v) is 4.42. The van der Waals surface area contributed by atoms with Crippen LogP contribution in [0.3, 0.4) is 0 Å². The van der Waals surface area contributed by atoms with Gasteiger partial charge in [-0.2, -0.15) is 0 Å². The van der Waals surface area contributed by atoms with Gasteiger partial charge < -0.3 is 15.0 Å². The SMILES string of the molecule is CC(=O)c1c(C)[nH]c(C(=O)OCC(=O)N[C@@H](C)c2ccccc2Cl)c1C. The first-order valence-electron chi connectivity index (χ1n) is 8.13. The van der Waals surface area contributed by atoms with Crippen molar-refractivity contribution in [3.63, 3.8) is 0 Å². The molecule has 0 bridgehead atoms. The van der Waals surface area contributed by atoms with Gasteiger partial charge in [-0.3, -0.25) is 9.59 Å². The van der Waals surface area contributed by atoms with Crippen molar-refractivity contribution in [2.24, 2.45) is 0 Å². The van der Waals surface area contributed by atoms with Gasteiger partial charge in [-0.05, 0) is 44.9 Å². The highest BCUT2D eigenvalue weighted by Crippen LogP contribution is 2.22. The van der Waals surface area contributed by atoms with Gasteiger partial charge in [0.1, 0.15) is 5.69 Å². The van der Waals surface area contributed by atoms with Crippen LogP contribution in [0.2, 0.25) is 5.02 Å². The van der Waals surface area contributed by atoms with E-state index in [4.69, 9.17) is 16.3 Å². The highest BCUT2D eigenvalue weighted by Gasteiger charge is 2.22. The predicted molar refractivity (Wildman–Crippen MR) is 98.6 cm³/mol. The minimum absolute atomic E-state index is 0.137. The number of rotatable bonds is 6. The van der Waals surface area contributed by atoms with Crippen LogP contribution >= 0.6 is 11.6 Å². The lowest BCUT2D eigenvalue weighted by Gasteiger charge is -2.15. The molecule has 26 heavy (non-hydrogen) atoms. The van der Waals surface area contributed by atoms with Crippen molar-refractivity contribution in [1.82, 2.24) is 10.3 Å². The lowest BCUT2D eigenvalue weighted by atomic mass is 10.1. The van der Waals surface area contributed by atoms with Crippen molar-refractivity contribution < 1.29 is 19.1 Å². The summed E-state index contributed by atoms with van der Waals surface area (Å²) in [6.07, 6.45) is 0. The molecule has 0 saturated carbocycles. The molecule has 1 aromatic carbocycles. The second-order valence-electron chi connectivity index (χ2n) is 6.07. The number of amides is 1. The van der Waals surface area contributed by atoms with Gasteiger partial charge in [0.2, 0.25) is 0 Å². The predicted octanol–water partition coefficient (Wildman–Crippen LogP) is 3.52. The maximum absolute atomic E-state index is 12.2. The molecule has 0 aliphatic heterocycles. The second kappa shape index (κ2) is 8.19. The first kappa shape index (κ1) is 19.7. The molecule has 0 saturated heterocycles. The Morgan fingerprint density at radius 3 is 2.46 bits per heavy atom. The summed E-state index contributed by atoms with van der Waals surface area (Å²) in [7, 11) is 0. The minimum Gasteiger partial charge on any atom is -0.451 e. The third-order valence-electron chi connectivity index (χ3n) is 4.08. The molecule has 1 aromatic heterocycles. The molecule has 138 valence electrons. The molecule has 0 spiro atoms. The lowest BCUT2D eigenvalue weighted by Crippen LogP contribution is -2.31. The highest BCUT2D eigenvalue weighted by atomic mass is 35.5. The summed E-state index contributed by atoms with van der Waals surface area (Å²) in [4.78, 5) is 38.7. The van der Waals surface area contributed by atoms with Gasteiger partial charge in [-0.25, -0.2) is 4.79 Å². The minimum atomic E-state index is -0.682. The summed E-state index contributed by atoms with van der Waals surface area (Å²) >= 11 is 6.10. The van der Waals surface area contributed by atoms with E-state index < -0.39 is 18.5 Å². The molecule has 2 aromatic rings. The Morgan fingerprint density at radius 2 is 1.88 bits per heavy atom. The van der Waals surface area contributed by atoms with Gasteiger partial charge in [0.25, 0.3) is 5.91 Å². The standard InChI is InChI=1S/C19H21ClN2O4/c1-10-17(13(4)23)12(3)22-18(10)19(25)26-9-16(24)21-11(2)14-7-5-6-8-15(14)20/h5-8,11,22H,9H2,1-4H3,(H,21,24)/t11-/m0/s1. The van der Waals surface area contributed by atoms with E-state index in [0.717, 1.165) is 5.56 Å². The fourth-order valence-electron chi connectivity index (χ4n) is 2.87. The van der Waals surface area contributed by atoms with Crippen molar-refractivity contribution >= 4 is 29.3 Å². The fraction of sp³-hybridized carbons (Fsp3) is 0.316. The third kappa shape index (κ3) is 4.32. The molecule has 0 aliphatic carbocycles. The Morgan fingerprint density at radius 1 is 1.23 bits per heavy atom. The van der Waals surface area contributed by atoms with Crippen molar-refractivity contribution in [3.8, 4) is 0 Å². The number of Topliss-reactive ketones (excluding diaryl/α,β-unsaturated/α-hetero) is 1. The number of halogens is 1. The van der Waals surface area contributed by atoms with E-state index in [-0.39, 0.29) is 17.5 Å². The van der Waals surface area contributed by atoms with E-state index in [1.807, 2.05) is 12.1 Å². The van der Waals surface area contributed by atoms with Crippen LogP contribution in [0.15, 0.2) is 24.3 Å². The van der Waals surface area contributed by atoms with E-state index in [1.165, 1.54) is 6.92 Å². The van der Waals surface area contributed by atoms with Crippen LogP contribution in [0.25, 0.3) is 0 Å². The highest BCUT2D eigenvalue weighted by molar-refractivity contribution is 6.31. The molecule has 2 N–H and O–H groups in total. The number of benzene rings is 1. The molecule has 2 rings (SSSR count). The smallest absolute Gasteiger partial charge is 0.355 e. The summed E-state index contributed by atoms with van der Waals surface area (Å²) in [6.45, 7) is 6.16. The normalized spacial score (nSPS) is 11.7. The number of ether oxygens (including phenoxy) is 1. The monoisotopic (exact) mass is 376 g/mol. The Bertz CT molecular complexity index is 857. The Kier molecular flexibility index (Phi) is 6.21. The van der Waals surface area contributed by atoms with E-state index in [2.05, 4.69) is 10.3 Å². The number of hydrogen-bond acceptors (Lipinski definition) is 4. The van der Waals surface area contributed by atoms with Crippen molar-refractivity contribution in [2.45, 2.75) is 33.7 Å². The average molecular weight is 377 g/mol. The summed E-state index contributed by atoms with van der Waals surface area (Å²) in [5.74, 6) is -1.27. The molecule has 1 amide bonds. The molecule has 0 fully saturated rings. The Labute approximate surface area is 156 Å². The van der Waals surface area contributed by atoms with Crippen molar-refractivity contribution in [1.29, 1.82) is 0 Å². The van der Waals surface area contributed by atoms with Crippen LogP contribution in [0, 0.1) is 13.8 Å². The van der Waals surface area contributed by atoms with E-state index in [0.29, 0.717) is 21.8 Å². The number of aromatic amines is 1. The zero-order valence-electron chi connectivity index (χ0n) is 15.1. The number of H-pyrrole nitrogens is 1. The van der Waals surface area contributed by atoms with Gasteiger partial charge >= 0.3 is 5.97 Å². The molecule has 0 radical (unpaired) electrons. The number of carbonyl (C=O) groups is 3. The summed E-state index contributed by atoms with van der Waals surface area (Å²) in [5.41, 5.74) is 2.53. The number of aromatic nitrogens is 1. The summed E-state index contributed by atoms with van der Waals surface area (Å²) in [5, 5.41) is 3.28. The van der Waals surface area contributed by atoms with E-state index in [9.17, 15) is 14.4 Å². The first-order valence-corrected chi connectivity index (χ1v) is 8.51. The second-order valence-corrected chi connectivity index (χ2v) is 6.48. The number of hydrogen-bond donors (Lipinski definition) is 2. The Hall–Kier alpha value is -2.60. The van der Waals surface area contributed by atoms with Crippen LogP contribution in [0.4, 0.5) is 0 Å². The van der Waals surface area contributed by atoms with Crippen LogP contribution in [0.5, 0.6) is 0 Å². The van der Waals surface area contributed by atoms with Gasteiger partial charge in [0.15, 0.2) is 12.4 Å². The quantitative estimate of drug-likeness (QED) is 0.596. The number of aryl methyl sites for hydroxylation is 1. The molecule has 6 nitrogen and oxygen atoms in total. The Balaban J connectivity index is 1.97. The van der Waals surface area contributed by atoms with Gasteiger partial charge in [0.05, 0.1) is 6.04 Å². The van der Waals surface area contributed by atoms with E-state index >= 15 is 0 Å². The molecule has 7 heteroatoms. The zero-order chi connectivity index (χ0) is 19.4. The van der Waals surface area contributed by atoms with Crippen LogP contribution in [-0.2, 0) is 9.53 Å². The largest absolute Gasteiger partial charge is 0.451 e. The van der Waals surface area contributed by atoms with Gasteiger partial charge in [0, 0.05) is 16.3 Å².